The number of rotatable bonds is 7. The number of amidine groups is 1. The molecule has 1 aromatic rings. The molecule has 0 aromatic heterocycles. The minimum atomic E-state index is -3.17. The fourth-order valence-corrected chi connectivity index (χ4v) is 7.46. The van der Waals surface area contributed by atoms with Crippen molar-refractivity contribution < 1.29 is 27.5 Å². The summed E-state index contributed by atoms with van der Waals surface area (Å²) in [5, 5.41) is 2.61. The molecule has 0 saturated carbocycles. The van der Waals surface area contributed by atoms with Gasteiger partial charge in [-0.2, -0.15) is 4.99 Å². The van der Waals surface area contributed by atoms with E-state index in [1.54, 1.807) is 25.7 Å². The molecular formula is C22H31N3O6S2. The molecule has 0 spiro atoms. The van der Waals surface area contributed by atoms with Gasteiger partial charge in [0.15, 0.2) is 15.0 Å². The van der Waals surface area contributed by atoms with Gasteiger partial charge in [-0.3, -0.25) is 4.79 Å². The van der Waals surface area contributed by atoms with Crippen LogP contribution in [0, 0.1) is 0 Å². The first kappa shape index (κ1) is 25.4. The summed E-state index contributed by atoms with van der Waals surface area (Å²) in [5.41, 5.74) is 0.0392. The average molecular weight is 498 g/mol. The zero-order valence-corrected chi connectivity index (χ0v) is 21.0. The fourth-order valence-electron chi connectivity index (χ4n) is 3.53. The van der Waals surface area contributed by atoms with Crippen molar-refractivity contribution in [1.29, 1.82) is 0 Å². The third kappa shape index (κ3) is 7.10. The largest absolute Gasteiger partial charge is 0.494 e. The van der Waals surface area contributed by atoms with Crippen molar-refractivity contribution in [2.24, 2.45) is 4.99 Å². The van der Waals surface area contributed by atoms with Gasteiger partial charge in [-0.15, -0.1) is 0 Å². The van der Waals surface area contributed by atoms with Crippen LogP contribution in [0.15, 0.2) is 29.3 Å². The van der Waals surface area contributed by atoms with E-state index in [1.165, 1.54) is 11.8 Å². The first-order chi connectivity index (χ1) is 15.5. The number of hydrogen-bond donors (Lipinski definition) is 1. The van der Waals surface area contributed by atoms with Gasteiger partial charge >= 0.3 is 6.09 Å². The normalized spacial score (nSPS) is 22.8. The van der Waals surface area contributed by atoms with Crippen LogP contribution in [0.1, 0.15) is 40.5 Å². The van der Waals surface area contributed by atoms with E-state index in [0.29, 0.717) is 23.2 Å². The maximum absolute atomic E-state index is 12.5. The second-order valence-corrected chi connectivity index (χ2v) is 12.4. The third-order valence-electron chi connectivity index (χ3n) is 4.93. The number of aliphatic imine (C=N–C) groups is 1. The number of alkyl carbamates (subject to hydrolysis) is 1. The zero-order chi connectivity index (χ0) is 24.2. The lowest BCUT2D eigenvalue weighted by Gasteiger charge is -2.25. The molecule has 2 fully saturated rings. The van der Waals surface area contributed by atoms with E-state index in [9.17, 15) is 18.0 Å². The molecular weight excluding hydrogens is 466 g/mol. The van der Waals surface area contributed by atoms with Gasteiger partial charge in [0, 0.05) is 17.0 Å². The topological polar surface area (TPSA) is 114 Å². The zero-order valence-electron chi connectivity index (χ0n) is 19.4. The van der Waals surface area contributed by atoms with Crippen molar-refractivity contribution in [3.8, 4) is 5.75 Å². The molecule has 0 radical (unpaired) electrons. The summed E-state index contributed by atoms with van der Waals surface area (Å²) in [6, 6.07) is 7.04. The van der Waals surface area contributed by atoms with Crippen LogP contribution in [0.25, 0.3) is 0 Å². The Morgan fingerprint density at radius 2 is 2.03 bits per heavy atom. The lowest BCUT2D eigenvalue weighted by molar-refractivity contribution is -0.117. The second-order valence-electron chi connectivity index (χ2n) is 9.01. The quantitative estimate of drug-likeness (QED) is 0.572. The van der Waals surface area contributed by atoms with E-state index in [4.69, 9.17) is 9.47 Å². The van der Waals surface area contributed by atoms with Crippen LogP contribution in [0.4, 0.5) is 10.5 Å². The van der Waals surface area contributed by atoms with Crippen LogP contribution in [0.3, 0.4) is 0 Å². The van der Waals surface area contributed by atoms with Crippen LogP contribution >= 0.6 is 11.8 Å². The Hall–Kier alpha value is -2.27. The Morgan fingerprint density at radius 3 is 2.73 bits per heavy atom. The maximum Gasteiger partial charge on any atom is 0.408 e. The molecule has 1 N–H and O–H groups in total. The van der Waals surface area contributed by atoms with Crippen molar-refractivity contribution in [1.82, 2.24) is 5.32 Å². The molecule has 182 valence electrons. The molecule has 33 heavy (non-hydrogen) atoms. The van der Waals surface area contributed by atoms with Gasteiger partial charge in [-0.1, -0.05) is 31.2 Å². The lowest BCUT2D eigenvalue weighted by atomic mass is 10.2. The van der Waals surface area contributed by atoms with Crippen LogP contribution in [0.5, 0.6) is 5.75 Å². The summed E-state index contributed by atoms with van der Waals surface area (Å²) < 4.78 is 35.4. The summed E-state index contributed by atoms with van der Waals surface area (Å²) >= 11 is 1.28. The van der Waals surface area contributed by atoms with Gasteiger partial charge in [-0.25, -0.2) is 13.2 Å². The van der Waals surface area contributed by atoms with Gasteiger partial charge in [0.2, 0.25) is 0 Å². The first-order valence-corrected chi connectivity index (χ1v) is 13.6. The van der Waals surface area contributed by atoms with E-state index in [1.807, 2.05) is 24.3 Å². The molecule has 0 unspecified atom stereocenters. The van der Waals surface area contributed by atoms with E-state index in [-0.39, 0.29) is 29.3 Å². The van der Waals surface area contributed by atoms with Crippen LogP contribution in [0.2, 0.25) is 0 Å². The van der Waals surface area contributed by atoms with Gasteiger partial charge in [0.05, 0.1) is 24.2 Å². The number of amides is 2. The molecule has 2 amide bonds. The molecule has 2 saturated heterocycles. The summed E-state index contributed by atoms with van der Waals surface area (Å²) in [4.78, 5) is 30.3. The second kappa shape index (κ2) is 10.3. The molecule has 2 aliphatic heterocycles. The highest BCUT2D eigenvalue weighted by molar-refractivity contribution is 8.16. The van der Waals surface area contributed by atoms with Crippen molar-refractivity contribution in [3.05, 3.63) is 24.3 Å². The number of thioether (sulfide) groups is 1. The smallest absolute Gasteiger partial charge is 0.408 e. The fraction of sp³-hybridized carbons (Fsp3) is 0.591. The van der Waals surface area contributed by atoms with Crippen molar-refractivity contribution in [2.45, 2.75) is 57.4 Å². The molecule has 11 heteroatoms. The molecule has 0 bridgehead atoms. The Kier molecular flexibility index (Phi) is 7.94. The Morgan fingerprint density at radius 1 is 1.27 bits per heavy atom. The number of fused-ring (bicyclic) bond motifs is 1. The predicted molar refractivity (Wildman–Crippen MR) is 130 cm³/mol. The van der Waals surface area contributed by atoms with Crippen molar-refractivity contribution in [3.63, 3.8) is 0 Å². The number of hydrogen-bond acceptors (Lipinski definition) is 7. The van der Waals surface area contributed by atoms with Crippen LogP contribution in [-0.4, -0.2) is 67.1 Å². The van der Waals surface area contributed by atoms with Crippen molar-refractivity contribution in [2.75, 3.05) is 29.6 Å². The Labute approximate surface area is 199 Å². The van der Waals surface area contributed by atoms with E-state index < -0.39 is 27.4 Å². The number of nitrogens with one attached hydrogen (secondary N) is 1. The van der Waals surface area contributed by atoms with Crippen molar-refractivity contribution >= 4 is 44.5 Å². The number of anilines is 1. The molecule has 0 aliphatic carbocycles. The molecule has 2 aliphatic rings. The van der Waals surface area contributed by atoms with Gasteiger partial charge in [0.25, 0.3) is 5.91 Å². The third-order valence-corrected chi connectivity index (χ3v) is 8.14. The number of carbonyl (C=O) groups is 2. The standard InChI is InChI=1S/C22H31N3O6S2/c1-5-6-10-30-16-9-7-8-15(11-16)25-17-13-33(28,29)14-18(17)32-20(25)24-19(26)12-23-21(27)31-22(2,3)4/h7-9,11,17-18H,5-6,10,12-14H2,1-4H3,(H,23,27)/t17-,18-/m0/s1. The molecule has 9 nitrogen and oxygen atoms in total. The van der Waals surface area contributed by atoms with E-state index >= 15 is 0 Å². The number of unbranched alkanes of at least 4 members (excludes halogenated alkanes) is 1. The SMILES string of the molecule is CCCCOc1cccc(N2C(=NC(=O)CNC(=O)OC(C)(C)C)S[C@H]3CS(=O)(=O)C[C@@H]32)c1. The van der Waals surface area contributed by atoms with Crippen LogP contribution in [-0.2, 0) is 19.4 Å². The Bertz CT molecular complexity index is 1020. The highest BCUT2D eigenvalue weighted by Crippen LogP contribution is 2.41. The number of benzene rings is 1. The molecule has 1 aromatic carbocycles. The van der Waals surface area contributed by atoms with Gasteiger partial charge in [0.1, 0.15) is 17.9 Å². The van der Waals surface area contributed by atoms with E-state index in [0.717, 1.165) is 12.8 Å². The predicted octanol–water partition coefficient (Wildman–Crippen LogP) is 2.99. The Balaban J connectivity index is 1.78. The number of nitrogens with zero attached hydrogens (tertiary/aromatic N) is 2. The van der Waals surface area contributed by atoms with Gasteiger partial charge in [-0.05, 0) is 39.3 Å². The average Bonchev–Trinajstić information content (AvgIpc) is 3.16. The first-order valence-electron chi connectivity index (χ1n) is 10.9. The summed E-state index contributed by atoms with van der Waals surface area (Å²) in [6.45, 7) is 7.54. The maximum atomic E-state index is 12.5. The lowest BCUT2D eigenvalue weighted by Crippen LogP contribution is -2.38. The molecule has 2 atom stereocenters. The molecule has 3 rings (SSSR count). The minimum Gasteiger partial charge on any atom is -0.494 e. The van der Waals surface area contributed by atoms with E-state index in [2.05, 4.69) is 17.2 Å². The summed E-state index contributed by atoms with van der Waals surface area (Å²) in [5.74, 6) is 0.156. The number of sulfone groups is 1. The summed E-state index contributed by atoms with van der Waals surface area (Å²) in [6.07, 6.45) is 1.24. The minimum absolute atomic E-state index is 0.00500. The number of ether oxygens (including phenoxy) is 2. The summed E-state index contributed by atoms with van der Waals surface area (Å²) in [7, 11) is -3.17. The van der Waals surface area contributed by atoms with Gasteiger partial charge < -0.3 is 19.7 Å². The highest BCUT2D eigenvalue weighted by Gasteiger charge is 2.49. The highest BCUT2D eigenvalue weighted by atomic mass is 32.2. The number of carbonyl (C=O) groups excluding carboxylic acids is 2. The monoisotopic (exact) mass is 497 g/mol. The molecule has 2 heterocycles. The van der Waals surface area contributed by atoms with Crippen LogP contribution < -0.4 is 15.0 Å².